The highest BCUT2D eigenvalue weighted by Gasteiger charge is 2.26. The van der Waals surface area contributed by atoms with Crippen LogP contribution < -0.4 is 10.5 Å². The number of hydrogen-bond acceptors (Lipinski definition) is 4. The van der Waals surface area contributed by atoms with Crippen LogP contribution in [0, 0.1) is 11.6 Å². The molecule has 2 heterocycles. The molecule has 0 radical (unpaired) electrons. The number of nitrogens with zero attached hydrogens (tertiary/aromatic N) is 1. The van der Waals surface area contributed by atoms with E-state index < -0.39 is 11.6 Å². The second-order valence-corrected chi connectivity index (χ2v) is 3.73. The van der Waals surface area contributed by atoms with Crippen molar-refractivity contribution < 1.29 is 18.0 Å². The first-order chi connectivity index (χ1) is 8.18. The van der Waals surface area contributed by atoms with Crippen LogP contribution in [0.3, 0.4) is 0 Å². The van der Waals surface area contributed by atoms with Crippen LogP contribution in [0.4, 0.5) is 14.7 Å². The topological polar surface area (TPSA) is 61.3 Å². The Bertz CT molecular complexity index is 595. The van der Waals surface area contributed by atoms with Crippen molar-refractivity contribution in [1.29, 1.82) is 0 Å². The number of anilines is 1. The van der Waals surface area contributed by atoms with Crippen molar-refractivity contribution in [3.63, 3.8) is 0 Å². The second-order valence-electron chi connectivity index (χ2n) is 3.73. The molecular weight excluding hydrogens is 230 g/mol. The fourth-order valence-corrected chi connectivity index (χ4v) is 1.95. The summed E-state index contributed by atoms with van der Waals surface area (Å²) in [6.45, 7) is 0.355. The molecule has 88 valence electrons. The van der Waals surface area contributed by atoms with Gasteiger partial charge in [0.25, 0.3) is 0 Å². The molecule has 3 rings (SSSR count). The third-order valence-corrected chi connectivity index (χ3v) is 2.76. The summed E-state index contributed by atoms with van der Waals surface area (Å²) in [5.41, 5.74) is 5.73. The van der Waals surface area contributed by atoms with Crippen molar-refractivity contribution in [2.24, 2.45) is 0 Å². The molecule has 2 aromatic rings. The minimum absolute atomic E-state index is 0.110. The van der Waals surface area contributed by atoms with Gasteiger partial charge in [-0.15, -0.1) is 0 Å². The van der Waals surface area contributed by atoms with Crippen LogP contribution >= 0.6 is 0 Å². The molecule has 0 saturated carbocycles. The van der Waals surface area contributed by atoms with Crippen molar-refractivity contribution in [3.05, 3.63) is 29.5 Å². The Kier molecular flexibility index (Phi) is 2.04. The molecule has 0 unspecified atom stereocenters. The molecule has 0 atom stereocenters. The molecule has 17 heavy (non-hydrogen) atoms. The number of ether oxygens (including phenoxy) is 1. The van der Waals surface area contributed by atoms with Crippen molar-refractivity contribution in [3.8, 4) is 16.9 Å². The number of nitrogens with two attached hydrogens (primary N) is 1. The summed E-state index contributed by atoms with van der Waals surface area (Å²) in [5.74, 6) is -1.26. The predicted molar refractivity (Wildman–Crippen MR) is 55.5 cm³/mol. The molecule has 1 aliphatic rings. The maximum atomic E-state index is 14.1. The Balaban J connectivity index is 2.28. The largest absolute Gasteiger partial charge is 0.493 e. The van der Waals surface area contributed by atoms with E-state index in [-0.39, 0.29) is 22.8 Å². The van der Waals surface area contributed by atoms with Gasteiger partial charge in [0.2, 0.25) is 5.88 Å². The molecule has 1 aliphatic heterocycles. The van der Waals surface area contributed by atoms with E-state index >= 15 is 0 Å². The number of nitrogen functional groups attached to an aromatic ring is 1. The third-order valence-electron chi connectivity index (χ3n) is 2.76. The van der Waals surface area contributed by atoms with Gasteiger partial charge in [-0.2, -0.15) is 0 Å². The van der Waals surface area contributed by atoms with E-state index in [1.165, 1.54) is 6.20 Å². The average molecular weight is 238 g/mol. The van der Waals surface area contributed by atoms with Crippen LogP contribution in [0.1, 0.15) is 5.56 Å². The van der Waals surface area contributed by atoms with E-state index in [1.54, 1.807) is 0 Å². The Labute approximate surface area is 95.0 Å². The molecule has 1 aromatic carbocycles. The lowest BCUT2D eigenvalue weighted by Gasteiger charge is -2.07. The SMILES string of the molecule is Nc1oncc1-c1c(F)cc2c(c1F)CCO2. The van der Waals surface area contributed by atoms with Gasteiger partial charge in [0.05, 0.1) is 23.9 Å². The van der Waals surface area contributed by atoms with Gasteiger partial charge >= 0.3 is 0 Å². The van der Waals surface area contributed by atoms with Crippen LogP contribution in [-0.4, -0.2) is 11.8 Å². The smallest absolute Gasteiger partial charge is 0.230 e. The summed E-state index contributed by atoms with van der Waals surface area (Å²) in [5, 5.41) is 3.41. The molecule has 4 nitrogen and oxygen atoms in total. The molecule has 0 saturated heterocycles. The second kappa shape index (κ2) is 3.44. The quantitative estimate of drug-likeness (QED) is 0.826. The van der Waals surface area contributed by atoms with Gasteiger partial charge < -0.3 is 15.0 Å². The Morgan fingerprint density at radius 1 is 1.35 bits per heavy atom. The van der Waals surface area contributed by atoms with E-state index in [4.69, 9.17) is 10.5 Å². The Morgan fingerprint density at radius 3 is 2.88 bits per heavy atom. The fraction of sp³-hybridized carbons (Fsp3) is 0.182. The highest BCUT2D eigenvalue weighted by Crippen LogP contribution is 2.38. The normalized spacial score (nSPS) is 13.5. The summed E-state index contributed by atoms with van der Waals surface area (Å²) in [6, 6.07) is 1.16. The number of halogens is 2. The van der Waals surface area contributed by atoms with Gasteiger partial charge in [0.15, 0.2) is 0 Å². The van der Waals surface area contributed by atoms with Gasteiger partial charge in [0, 0.05) is 18.1 Å². The molecule has 0 fully saturated rings. The lowest BCUT2D eigenvalue weighted by atomic mass is 10.0. The summed E-state index contributed by atoms with van der Waals surface area (Å²) in [6.07, 6.45) is 1.61. The molecule has 6 heteroatoms. The minimum Gasteiger partial charge on any atom is -0.493 e. The summed E-state index contributed by atoms with van der Waals surface area (Å²) >= 11 is 0. The lowest BCUT2D eigenvalue weighted by molar-refractivity contribution is 0.355. The monoisotopic (exact) mass is 238 g/mol. The minimum atomic E-state index is -0.738. The maximum Gasteiger partial charge on any atom is 0.230 e. The molecule has 0 amide bonds. The maximum absolute atomic E-state index is 14.1. The van der Waals surface area contributed by atoms with E-state index in [1.807, 2.05) is 0 Å². The molecule has 2 N–H and O–H groups in total. The first-order valence-corrected chi connectivity index (χ1v) is 5.02. The number of fused-ring (bicyclic) bond motifs is 1. The number of rotatable bonds is 1. The van der Waals surface area contributed by atoms with Gasteiger partial charge in [-0.3, -0.25) is 0 Å². The summed E-state index contributed by atoms with van der Waals surface area (Å²) in [4.78, 5) is 0. The van der Waals surface area contributed by atoms with Gasteiger partial charge in [-0.1, -0.05) is 5.16 Å². The van der Waals surface area contributed by atoms with Gasteiger partial charge in [0.1, 0.15) is 17.4 Å². The van der Waals surface area contributed by atoms with E-state index in [0.717, 1.165) is 6.07 Å². The van der Waals surface area contributed by atoms with Crippen LogP contribution in [-0.2, 0) is 6.42 Å². The average Bonchev–Trinajstić information content (AvgIpc) is 2.88. The van der Waals surface area contributed by atoms with Crippen molar-refractivity contribution in [2.45, 2.75) is 6.42 Å². The zero-order valence-corrected chi connectivity index (χ0v) is 8.67. The van der Waals surface area contributed by atoms with Gasteiger partial charge in [-0.05, 0) is 0 Å². The zero-order chi connectivity index (χ0) is 12.0. The molecule has 0 aliphatic carbocycles. The summed E-state index contributed by atoms with van der Waals surface area (Å²) in [7, 11) is 0. The Morgan fingerprint density at radius 2 is 2.18 bits per heavy atom. The first-order valence-electron chi connectivity index (χ1n) is 5.02. The highest BCUT2D eigenvalue weighted by molar-refractivity contribution is 5.74. The zero-order valence-electron chi connectivity index (χ0n) is 8.67. The fourth-order valence-electron chi connectivity index (χ4n) is 1.95. The van der Waals surface area contributed by atoms with E-state index in [9.17, 15) is 8.78 Å². The molecular formula is C11H8F2N2O2. The summed E-state index contributed by atoms with van der Waals surface area (Å²) < 4.78 is 37.7. The van der Waals surface area contributed by atoms with Crippen molar-refractivity contribution >= 4 is 5.88 Å². The number of aromatic nitrogens is 1. The third kappa shape index (κ3) is 1.37. The first kappa shape index (κ1) is 10.1. The molecule has 0 bridgehead atoms. The van der Waals surface area contributed by atoms with Crippen LogP contribution in [0.5, 0.6) is 5.75 Å². The molecule has 0 spiro atoms. The Hall–Kier alpha value is -2.11. The van der Waals surface area contributed by atoms with E-state index in [0.29, 0.717) is 18.6 Å². The van der Waals surface area contributed by atoms with E-state index in [2.05, 4.69) is 9.68 Å². The van der Waals surface area contributed by atoms with Crippen LogP contribution in [0.15, 0.2) is 16.8 Å². The van der Waals surface area contributed by atoms with Crippen molar-refractivity contribution in [2.75, 3.05) is 12.3 Å². The lowest BCUT2D eigenvalue weighted by Crippen LogP contribution is -1.96. The van der Waals surface area contributed by atoms with Crippen LogP contribution in [0.2, 0.25) is 0 Å². The van der Waals surface area contributed by atoms with Crippen LogP contribution in [0.25, 0.3) is 11.1 Å². The van der Waals surface area contributed by atoms with Gasteiger partial charge in [-0.25, -0.2) is 8.78 Å². The standard InChI is InChI=1S/C11H8F2N2O2/c12-7-3-8-5(1-2-16-8)10(13)9(7)6-4-15-17-11(6)14/h3-4H,1-2,14H2. The predicted octanol–water partition coefficient (Wildman–Crippen LogP) is 2.14. The highest BCUT2D eigenvalue weighted by atomic mass is 19.1. The number of hydrogen-bond donors (Lipinski definition) is 1. The van der Waals surface area contributed by atoms with Crippen molar-refractivity contribution in [1.82, 2.24) is 5.16 Å². The molecule has 1 aromatic heterocycles. The number of benzene rings is 1.